The molecule has 19 heavy (non-hydrogen) atoms. The fraction of sp³-hybridized carbons (Fsp3) is 0.417. The lowest BCUT2D eigenvalue weighted by Gasteiger charge is -2.05. The Hall–Kier alpha value is -1.18. The maximum absolute atomic E-state index is 11.0. The number of aryl methyl sites for hydroxylation is 2. The van der Waals surface area contributed by atoms with Gasteiger partial charge in [-0.05, 0) is 37.2 Å². The Labute approximate surface area is 117 Å². The van der Waals surface area contributed by atoms with Gasteiger partial charge in [0.25, 0.3) is 0 Å². The summed E-state index contributed by atoms with van der Waals surface area (Å²) >= 11 is 5.30. The first kappa shape index (κ1) is 14.2. The van der Waals surface area contributed by atoms with E-state index in [9.17, 15) is 8.42 Å². The molecule has 0 aliphatic carbocycles. The van der Waals surface area contributed by atoms with Gasteiger partial charge in [0.15, 0.2) is 4.77 Å². The van der Waals surface area contributed by atoms with E-state index in [4.69, 9.17) is 12.2 Å². The number of nitrogens with zero attached hydrogens (tertiary/aromatic N) is 1. The van der Waals surface area contributed by atoms with E-state index in [0.717, 1.165) is 22.9 Å². The van der Waals surface area contributed by atoms with Crippen LogP contribution in [0, 0.1) is 11.7 Å². The van der Waals surface area contributed by atoms with E-state index in [0.29, 0.717) is 24.3 Å². The van der Waals surface area contributed by atoms with E-state index in [1.54, 1.807) is 0 Å². The van der Waals surface area contributed by atoms with Crippen molar-refractivity contribution in [1.82, 2.24) is 14.3 Å². The Morgan fingerprint density at radius 1 is 1.42 bits per heavy atom. The first-order valence-corrected chi connectivity index (χ1v) is 8.31. The van der Waals surface area contributed by atoms with Gasteiger partial charge in [0.2, 0.25) is 10.0 Å². The smallest absolute Gasteiger partial charge is 0.208 e. The minimum atomic E-state index is -3.12. The number of aromatic nitrogens is 2. The van der Waals surface area contributed by atoms with Crippen LogP contribution in [0.25, 0.3) is 11.0 Å². The molecule has 0 radical (unpaired) electrons. The molecule has 104 valence electrons. The molecule has 1 aromatic heterocycles. The van der Waals surface area contributed by atoms with E-state index >= 15 is 0 Å². The molecular formula is C12H17N3O2S2. The summed E-state index contributed by atoms with van der Waals surface area (Å²) in [5, 5.41) is 0. The van der Waals surface area contributed by atoms with Crippen molar-refractivity contribution in [2.24, 2.45) is 0 Å². The van der Waals surface area contributed by atoms with Gasteiger partial charge in [-0.15, -0.1) is 0 Å². The number of rotatable bonds is 5. The average Bonchev–Trinajstić information content (AvgIpc) is 2.62. The van der Waals surface area contributed by atoms with Crippen molar-refractivity contribution in [1.29, 1.82) is 0 Å². The summed E-state index contributed by atoms with van der Waals surface area (Å²) in [6.07, 6.45) is 1.86. The van der Waals surface area contributed by atoms with Crippen LogP contribution in [0.2, 0.25) is 0 Å². The van der Waals surface area contributed by atoms with Gasteiger partial charge in [-0.25, -0.2) is 13.1 Å². The summed E-state index contributed by atoms with van der Waals surface area (Å²) in [5.41, 5.74) is 3.25. The minimum absolute atomic E-state index is 0.416. The molecule has 7 heteroatoms. The number of hydrogen-bond acceptors (Lipinski definition) is 3. The monoisotopic (exact) mass is 299 g/mol. The van der Waals surface area contributed by atoms with Crippen molar-refractivity contribution in [3.05, 3.63) is 28.5 Å². The molecule has 2 N–H and O–H groups in total. The predicted octanol–water partition coefficient (Wildman–Crippen LogP) is 1.95. The van der Waals surface area contributed by atoms with Gasteiger partial charge < -0.3 is 9.55 Å². The van der Waals surface area contributed by atoms with Gasteiger partial charge in [-0.2, -0.15) is 0 Å². The summed E-state index contributed by atoms with van der Waals surface area (Å²) < 4.78 is 27.1. The van der Waals surface area contributed by atoms with Crippen molar-refractivity contribution in [2.75, 3.05) is 12.8 Å². The Morgan fingerprint density at radius 2 is 2.16 bits per heavy atom. The molecule has 0 amide bonds. The highest BCUT2D eigenvalue weighted by atomic mass is 32.2. The molecule has 0 saturated carbocycles. The lowest BCUT2D eigenvalue weighted by molar-refractivity contribution is 0.576. The Balaban J connectivity index is 2.15. The number of nitrogens with one attached hydrogen (secondary N) is 2. The highest BCUT2D eigenvalue weighted by molar-refractivity contribution is 7.88. The maximum atomic E-state index is 11.0. The third kappa shape index (κ3) is 3.43. The first-order chi connectivity index (χ1) is 8.88. The van der Waals surface area contributed by atoms with Gasteiger partial charge in [0, 0.05) is 13.1 Å². The van der Waals surface area contributed by atoms with Crippen LogP contribution in [0.4, 0.5) is 0 Å². The molecule has 5 nitrogen and oxygen atoms in total. The Kier molecular flexibility index (Phi) is 4.07. The Morgan fingerprint density at radius 3 is 2.84 bits per heavy atom. The average molecular weight is 299 g/mol. The molecule has 0 bridgehead atoms. The van der Waals surface area contributed by atoms with E-state index in [-0.39, 0.29) is 0 Å². The third-order valence-electron chi connectivity index (χ3n) is 2.94. The van der Waals surface area contributed by atoms with Crippen LogP contribution in [0.15, 0.2) is 18.2 Å². The number of para-hydroxylation sites is 1. The van der Waals surface area contributed by atoms with Gasteiger partial charge in [-0.1, -0.05) is 12.1 Å². The van der Waals surface area contributed by atoms with Crippen molar-refractivity contribution < 1.29 is 8.42 Å². The van der Waals surface area contributed by atoms with E-state index in [2.05, 4.69) is 9.71 Å². The standard InChI is InChI=1S/C12H17N3O2S2/c1-9-5-3-6-10-11(9)14-12(18)15(10)8-4-7-13-19(2,16)17/h3,5-6,13H,4,7-8H2,1-2H3,(H,14,18). The second-order valence-electron chi connectivity index (χ2n) is 4.57. The molecule has 0 spiro atoms. The van der Waals surface area contributed by atoms with E-state index < -0.39 is 10.0 Å². The fourth-order valence-electron chi connectivity index (χ4n) is 2.04. The van der Waals surface area contributed by atoms with E-state index in [1.807, 2.05) is 29.7 Å². The van der Waals surface area contributed by atoms with Crippen molar-refractivity contribution in [2.45, 2.75) is 19.9 Å². The van der Waals surface area contributed by atoms with Gasteiger partial charge >= 0.3 is 0 Å². The van der Waals surface area contributed by atoms with Crippen molar-refractivity contribution >= 4 is 33.3 Å². The minimum Gasteiger partial charge on any atom is -0.330 e. The third-order valence-corrected chi connectivity index (χ3v) is 3.99. The second-order valence-corrected chi connectivity index (χ2v) is 6.79. The van der Waals surface area contributed by atoms with Crippen LogP contribution in [-0.4, -0.2) is 30.8 Å². The van der Waals surface area contributed by atoms with E-state index in [1.165, 1.54) is 0 Å². The molecule has 1 aromatic carbocycles. The van der Waals surface area contributed by atoms with Crippen LogP contribution < -0.4 is 4.72 Å². The molecule has 0 unspecified atom stereocenters. The SMILES string of the molecule is Cc1cccc2c1[nH]c(=S)n2CCCNS(C)(=O)=O. The van der Waals surface area contributed by atoms with Crippen LogP contribution in [0.3, 0.4) is 0 Å². The predicted molar refractivity (Wildman–Crippen MR) is 79.3 cm³/mol. The van der Waals surface area contributed by atoms with Crippen LogP contribution >= 0.6 is 12.2 Å². The number of imidazole rings is 1. The maximum Gasteiger partial charge on any atom is 0.208 e. The summed E-state index contributed by atoms with van der Waals surface area (Å²) in [5.74, 6) is 0. The molecule has 0 aliphatic heterocycles. The number of aromatic amines is 1. The summed E-state index contributed by atoms with van der Waals surface area (Å²) in [6, 6.07) is 6.04. The molecule has 2 rings (SSSR count). The van der Waals surface area contributed by atoms with Crippen LogP contribution in [-0.2, 0) is 16.6 Å². The number of benzene rings is 1. The zero-order valence-corrected chi connectivity index (χ0v) is 12.6. The van der Waals surface area contributed by atoms with Crippen LogP contribution in [0.1, 0.15) is 12.0 Å². The number of H-pyrrole nitrogens is 1. The molecular weight excluding hydrogens is 282 g/mol. The quantitative estimate of drug-likeness (QED) is 0.655. The topological polar surface area (TPSA) is 66.9 Å². The lowest BCUT2D eigenvalue weighted by Crippen LogP contribution is -2.23. The zero-order valence-electron chi connectivity index (χ0n) is 10.9. The van der Waals surface area contributed by atoms with Gasteiger partial charge in [0.05, 0.1) is 17.3 Å². The lowest BCUT2D eigenvalue weighted by atomic mass is 10.2. The normalized spacial score (nSPS) is 12.1. The van der Waals surface area contributed by atoms with Crippen molar-refractivity contribution in [3.63, 3.8) is 0 Å². The summed E-state index contributed by atoms with van der Waals surface area (Å²) in [6.45, 7) is 3.13. The molecule has 0 saturated heterocycles. The summed E-state index contributed by atoms with van der Waals surface area (Å²) in [4.78, 5) is 3.19. The number of hydrogen-bond donors (Lipinski definition) is 2. The zero-order chi connectivity index (χ0) is 14.0. The fourth-order valence-corrected chi connectivity index (χ4v) is 2.85. The first-order valence-electron chi connectivity index (χ1n) is 6.01. The largest absolute Gasteiger partial charge is 0.330 e. The second kappa shape index (κ2) is 5.44. The molecule has 2 aromatic rings. The van der Waals surface area contributed by atoms with Crippen LogP contribution in [0.5, 0.6) is 0 Å². The summed E-state index contributed by atoms with van der Waals surface area (Å²) in [7, 11) is -3.12. The molecule has 0 atom stereocenters. The molecule has 1 heterocycles. The Bertz CT molecular complexity index is 744. The van der Waals surface area contributed by atoms with Gasteiger partial charge in [-0.3, -0.25) is 0 Å². The van der Waals surface area contributed by atoms with Crippen molar-refractivity contribution in [3.8, 4) is 0 Å². The molecule has 0 fully saturated rings. The number of fused-ring (bicyclic) bond motifs is 1. The van der Waals surface area contributed by atoms with Gasteiger partial charge in [0.1, 0.15) is 0 Å². The number of sulfonamides is 1. The molecule has 0 aliphatic rings. The highest BCUT2D eigenvalue weighted by Gasteiger charge is 2.06. The highest BCUT2D eigenvalue weighted by Crippen LogP contribution is 2.17.